The summed E-state index contributed by atoms with van der Waals surface area (Å²) in [7, 11) is 1.63. The van der Waals surface area contributed by atoms with Crippen molar-refractivity contribution in [3.05, 3.63) is 89.0 Å². The second kappa shape index (κ2) is 8.45. The van der Waals surface area contributed by atoms with Crippen molar-refractivity contribution >= 4 is 23.2 Å². The Morgan fingerprint density at radius 3 is 2.00 bits per heavy atom. The summed E-state index contributed by atoms with van der Waals surface area (Å²) in [6, 6.07) is 22.5. The van der Waals surface area contributed by atoms with Gasteiger partial charge in [-0.3, -0.25) is 0 Å². The Balaban J connectivity index is 1.69. The van der Waals surface area contributed by atoms with Crippen LogP contribution in [0.5, 0.6) is 5.75 Å². The molecule has 0 atom stereocenters. The van der Waals surface area contributed by atoms with Crippen LogP contribution >= 0.6 is 23.2 Å². The van der Waals surface area contributed by atoms with E-state index in [2.05, 4.69) is 20.6 Å². The number of nitrogens with zero attached hydrogens (tertiary/aromatic N) is 6. The van der Waals surface area contributed by atoms with E-state index >= 15 is 0 Å². The highest BCUT2D eigenvalue weighted by Crippen LogP contribution is 2.34. The zero-order valence-electron chi connectivity index (χ0n) is 16.9. The topological polar surface area (TPSA) is 70.7 Å². The average Bonchev–Trinajstić information content (AvgIpc) is 3.47. The molecule has 32 heavy (non-hydrogen) atoms. The molecule has 0 aliphatic heterocycles. The Labute approximate surface area is 193 Å². The van der Waals surface area contributed by atoms with Crippen LogP contribution < -0.4 is 4.74 Å². The first kappa shape index (κ1) is 20.2. The summed E-state index contributed by atoms with van der Waals surface area (Å²) in [4.78, 5) is 0. The molecule has 3 aromatic carbocycles. The van der Waals surface area contributed by atoms with Gasteiger partial charge in [-0.2, -0.15) is 9.78 Å². The van der Waals surface area contributed by atoms with Gasteiger partial charge in [0, 0.05) is 15.6 Å². The summed E-state index contributed by atoms with van der Waals surface area (Å²) in [5, 5.41) is 18.4. The molecule has 0 amide bonds. The van der Waals surface area contributed by atoms with Crippen LogP contribution in [0.3, 0.4) is 0 Å². The van der Waals surface area contributed by atoms with Gasteiger partial charge in [0.15, 0.2) is 5.82 Å². The smallest absolute Gasteiger partial charge is 0.190 e. The van der Waals surface area contributed by atoms with Crippen molar-refractivity contribution in [2.24, 2.45) is 0 Å². The highest BCUT2D eigenvalue weighted by atomic mass is 35.5. The molecule has 2 aromatic heterocycles. The fraction of sp³-hybridized carbons (Fsp3) is 0.0435. The van der Waals surface area contributed by atoms with Gasteiger partial charge in [0.1, 0.15) is 5.75 Å². The molecule has 0 saturated heterocycles. The number of benzene rings is 3. The minimum atomic E-state index is 0.556. The lowest BCUT2D eigenvalue weighted by molar-refractivity contribution is 0.414. The van der Waals surface area contributed by atoms with Crippen molar-refractivity contribution in [2.45, 2.75) is 0 Å². The molecule has 9 heteroatoms. The summed E-state index contributed by atoms with van der Waals surface area (Å²) in [6.07, 6.45) is 1.75. The van der Waals surface area contributed by atoms with E-state index in [0.717, 1.165) is 33.9 Å². The molecule has 7 nitrogen and oxygen atoms in total. The molecular formula is C23H16Cl2N6O. The molecular weight excluding hydrogens is 447 g/mol. The van der Waals surface area contributed by atoms with E-state index in [1.165, 1.54) is 0 Å². The number of tetrazole rings is 1. The Hall–Kier alpha value is -3.68. The average molecular weight is 463 g/mol. The maximum absolute atomic E-state index is 6.13. The zero-order chi connectivity index (χ0) is 22.1. The van der Waals surface area contributed by atoms with Gasteiger partial charge in [0.25, 0.3) is 0 Å². The predicted molar refractivity (Wildman–Crippen MR) is 124 cm³/mol. The Morgan fingerprint density at radius 1 is 0.750 bits per heavy atom. The van der Waals surface area contributed by atoms with Crippen LogP contribution in [0.4, 0.5) is 0 Å². The maximum Gasteiger partial charge on any atom is 0.190 e. The molecule has 158 valence electrons. The quantitative estimate of drug-likeness (QED) is 0.344. The molecule has 5 aromatic rings. The molecule has 0 spiro atoms. The van der Waals surface area contributed by atoms with Gasteiger partial charge in [-0.15, -0.1) is 5.10 Å². The molecule has 0 N–H and O–H groups in total. The minimum Gasteiger partial charge on any atom is -0.497 e. The largest absolute Gasteiger partial charge is 0.497 e. The second-order valence-electron chi connectivity index (χ2n) is 6.91. The lowest BCUT2D eigenvalue weighted by Crippen LogP contribution is -2.02. The highest BCUT2D eigenvalue weighted by Gasteiger charge is 2.21. The van der Waals surface area contributed by atoms with Crippen molar-refractivity contribution in [1.82, 2.24) is 30.0 Å². The molecule has 0 unspecified atom stereocenters. The minimum absolute atomic E-state index is 0.556. The van der Waals surface area contributed by atoms with E-state index in [1.54, 1.807) is 18.0 Å². The molecule has 2 heterocycles. The van der Waals surface area contributed by atoms with Gasteiger partial charge in [0.2, 0.25) is 0 Å². The Kier molecular flexibility index (Phi) is 5.34. The number of methoxy groups -OCH3 is 1. The van der Waals surface area contributed by atoms with Gasteiger partial charge < -0.3 is 4.74 Å². The third kappa shape index (κ3) is 3.72. The van der Waals surface area contributed by atoms with E-state index in [1.807, 2.05) is 77.5 Å². The first-order valence-electron chi connectivity index (χ1n) is 9.67. The van der Waals surface area contributed by atoms with Crippen LogP contribution in [-0.4, -0.2) is 37.1 Å². The van der Waals surface area contributed by atoms with Gasteiger partial charge in [0.05, 0.1) is 35.9 Å². The van der Waals surface area contributed by atoms with Gasteiger partial charge in [-0.05, 0) is 71.1 Å². The first-order valence-corrected chi connectivity index (χ1v) is 10.4. The summed E-state index contributed by atoms with van der Waals surface area (Å²) < 4.78 is 8.76. The van der Waals surface area contributed by atoms with E-state index in [4.69, 9.17) is 27.9 Å². The SMILES string of the molecule is COc1ccc(-n2nnnc2-c2cnn(-c3ccc(Cl)cc3)c2-c2ccc(Cl)cc2)cc1. The summed E-state index contributed by atoms with van der Waals surface area (Å²) >= 11 is 12.2. The van der Waals surface area contributed by atoms with Gasteiger partial charge in [-0.1, -0.05) is 35.3 Å². The lowest BCUT2D eigenvalue weighted by atomic mass is 10.1. The molecule has 0 radical (unpaired) electrons. The Bertz CT molecular complexity index is 1360. The van der Waals surface area contributed by atoms with Crippen molar-refractivity contribution < 1.29 is 4.74 Å². The third-order valence-electron chi connectivity index (χ3n) is 4.99. The third-order valence-corrected chi connectivity index (χ3v) is 5.49. The zero-order valence-corrected chi connectivity index (χ0v) is 18.4. The van der Waals surface area contributed by atoms with Crippen molar-refractivity contribution in [3.8, 4) is 39.8 Å². The molecule has 0 aliphatic rings. The van der Waals surface area contributed by atoms with Crippen LogP contribution in [0.15, 0.2) is 79.0 Å². The van der Waals surface area contributed by atoms with Crippen molar-refractivity contribution in [1.29, 1.82) is 0 Å². The number of hydrogen-bond acceptors (Lipinski definition) is 5. The number of hydrogen-bond donors (Lipinski definition) is 0. The summed E-state index contributed by atoms with van der Waals surface area (Å²) in [6.45, 7) is 0. The van der Waals surface area contributed by atoms with Crippen molar-refractivity contribution in [2.75, 3.05) is 7.11 Å². The van der Waals surface area contributed by atoms with Crippen LogP contribution in [0.1, 0.15) is 0 Å². The van der Waals surface area contributed by atoms with E-state index < -0.39 is 0 Å². The van der Waals surface area contributed by atoms with Gasteiger partial charge >= 0.3 is 0 Å². The fourth-order valence-electron chi connectivity index (χ4n) is 3.43. The van der Waals surface area contributed by atoms with Crippen LogP contribution in [0.2, 0.25) is 10.0 Å². The van der Waals surface area contributed by atoms with Gasteiger partial charge in [-0.25, -0.2) is 4.68 Å². The summed E-state index contributed by atoms with van der Waals surface area (Å²) in [5.74, 6) is 1.31. The molecule has 0 aliphatic carbocycles. The van der Waals surface area contributed by atoms with Crippen molar-refractivity contribution in [3.63, 3.8) is 0 Å². The highest BCUT2D eigenvalue weighted by molar-refractivity contribution is 6.30. The van der Waals surface area contributed by atoms with Crippen LogP contribution in [0.25, 0.3) is 34.0 Å². The number of aromatic nitrogens is 6. The lowest BCUT2D eigenvalue weighted by Gasteiger charge is -2.11. The number of rotatable bonds is 5. The first-order chi connectivity index (χ1) is 15.6. The molecule has 0 saturated carbocycles. The molecule has 0 bridgehead atoms. The number of halogens is 2. The number of ether oxygens (including phenoxy) is 1. The molecule has 5 rings (SSSR count). The van der Waals surface area contributed by atoms with E-state index in [-0.39, 0.29) is 0 Å². The monoisotopic (exact) mass is 462 g/mol. The van der Waals surface area contributed by atoms with E-state index in [9.17, 15) is 0 Å². The maximum atomic E-state index is 6.13. The predicted octanol–water partition coefficient (Wildman–Crippen LogP) is 5.50. The standard InChI is InChI=1S/C23H16Cl2N6O/c1-32-20-12-10-19(11-13-20)31-23(27-28-29-31)21-14-26-30(18-8-6-17(25)7-9-18)22(21)15-2-4-16(24)5-3-15/h2-14H,1H3. The normalized spacial score (nSPS) is 11.0. The van der Waals surface area contributed by atoms with E-state index in [0.29, 0.717) is 15.9 Å². The Morgan fingerprint density at radius 2 is 1.34 bits per heavy atom. The van der Waals surface area contributed by atoms with Crippen LogP contribution in [-0.2, 0) is 0 Å². The fourth-order valence-corrected chi connectivity index (χ4v) is 3.68. The molecule has 0 fully saturated rings. The summed E-state index contributed by atoms with van der Waals surface area (Å²) in [5.41, 5.74) is 4.17. The second-order valence-corrected chi connectivity index (χ2v) is 7.79. The van der Waals surface area contributed by atoms with Crippen LogP contribution in [0, 0.1) is 0 Å².